The van der Waals surface area contributed by atoms with Crippen LogP contribution in [0.2, 0.25) is 0 Å². The maximum atomic E-state index is 5.39. The van der Waals surface area contributed by atoms with E-state index in [0.717, 1.165) is 22.7 Å². The van der Waals surface area contributed by atoms with Crippen LogP contribution in [0.5, 0.6) is 23.0 Å². The first-order chi connectivity index (χ1) is 13.7. The van der Waals surface area contributed by atoms with Gasteiger partial charge in [-0.05, 0) is 29.8 Å². The first-order valence-corrected chi connectivity index (χ1v) is 8.56. The van der Waals surface area contributed by atoms with Crippen molar-refractivity contribution >= 4 is 17.5 Å². The summed E-state index contributed by atoms with van der Waals surface area (Å²) in [5.74, 6) is 3.76. The SMILES string of the molecule is COc1ccc(Nc2cnnc(NCc3ccc4c(c3)OCO4)n2)c(OC)c1. The van der Waals surface area contributed by atoms with Crippen LogP contribution in [0.3, 0.4) is 0 Å². The van der Waals surface area contributed by atoms with Crippen LogP contribution in [-0.4, -0.2) is 36.2 Å². The van der Waals surface area contributed by atoms with Crippen molar-refractivity contribution in [2.45, 2.75) is 6.54 Å². The molecule has 28 heavy (non-hydrogen) atoms. The molecule has 9 nitrogen and oxygen atoms in total. The molecule has 0 saturated carbocycles. The van der Waals surface area contributed by atoms with Crippen molar-refractivity contribution < 1.29 is 18.9 Å². The van der Waals surface area contributed by atoms with Gasteiger partial charge in [-0.1, -0.05) is 6.07 Å². The highest BCUT2D eigenvalue weighted by molar-refractivity contribution is 5.65. The highest BCUT2D eigenvalue weighted by atomic mass is 16.7. The lowest BCUT2D eigenvalue weighted by molar-refractivity contribution is 0.174. The predicted molar refractivity (Wildman–Crippen MR) is 103 cm³/mol. The molecule has 4 rings (SSSR count). The largest absolute Gasteiger partial charge is 0.497 e. The molecule has 0 spiro atoms. The van der Waals surface area contributed by atoms with Crippen LogP contribution < -0.4 is 29.6 Å². The van der Waals surface area contributed by atoms with Gasteiger partial charge >= 0.3 is 0 Å². The molecule has 0 bridgehead atoms. The lowest BCUT2D eigenvalue weighted by atomic mass is 10.2. The summed E-state index contributed by atoms with van der Waals surface area (Å²) in [4.78, 5) is 4.43. The van der Waals surface area contributed by atoms with E-state index in [0.29, 0.717) is 29.8 Å². The van der Waals surface area contributed by atoms with Gasteiger partial charge in [-0.25, -0.2) is 0 Å². The number of hydrogen-bond donors (Lipinski definition) is 2. The van der Waals surface area contributed by atoms with Crippen molar-refractivity contribution in [1.29, 1.82) is 0 Å². The third-order valence-corrected chi connectivity index (χ3v) is 4.12. The molecule has 0 radical (unpaired) electrons. The van der Waals surface area contributed by atoms with Gasteiger partial charge in [-0.3, -0.25) is 0 Å². The highest BCUT2D eigenvalue weighted by Gasteiger charge is 2.13. The summed E-state index contributed by atoms with van der Waals surface area (Å²) >= 11 is 0. The first-order valence-electron chi connectivity index (χ1n) is 8.56. The lowest BCUT2D eigenvalue weighted by Gasteiger charge is -2.12. The van der Waals surface area contributed by atoms with E-state index in [-0.39, 0.29) is 6.79 Å². The first kappa shape index (κ1) is 17.7. The summed E-state index contributed by atoms with van der Waals surface area (Å²) in [5, 5.41) is 14.3. The van der Waals surface area contributed by atoms with Gasteiger partial charge in [-0.15, -0.1) is 5.10 Å². The van der Waals surface area contributed by atoms with Crippen molar-refractivity contribution in [1.82, 2.24) is 15.2 Å². The maximum Gasteiger partial charge on any atom is 0.244 e. The van der Waals surface area contributed by atoms with Crippen LogP contribution in [0, 0.1) is 0 Å². The zero-order valence-electron chi connectivity index (χ0n) is 15.4. The summed E-state index contributed by atoms with van der Waals surface area (Å²) < 4.78 is 21.3. The number of aromatic nitrogens is 3. The summed E-state index contributed by atoms with van der Waals surface area (Å²) in [6.45, 7) is 0.773. The summed E-state index contributed by atoms with van der Waals surface area (Å²) in [7, 11) is 3.20. The number of ether oxygens (including phenoxy) is 4. The van der Waals surface area contributed by atoms with E-state index in [1.807, 2.05) is 30.3 Å². The molecule has 0 aliphatic carbocycles. The smallest absolute Gasteiger partial charge is 0.244 e. The fourth-order valence-corrected chi connectivity index (χ4v) is 2.71. The molecule has 144 valence electrons. The predicted octanol–water partition coefficient (Wildman–Crippen LogP) is 2.97. The van der Waals surface area contributed by atoms with Crippen LogP contribution >= 0.6 is 0 Å². The summed E-state index contributed by atoms with van der Waals surface area (Å²) in [6.07, 6.45) is 1.54. The standard InChI is InChI=1S/C19H19N5O4/c1-25-13-4-5-14(16(8-13)26-2)22-18-10-21-24-19(23-18)20-9-12-3-6-15-17(7-12)28-11-27-15/h3-8,10H,9,11H2,1-2H3,(H2,20,22,23,24). The minimum absolute atomic E-state index is 0.252. The Morgan fingerprint density at radius 3 is 2.79 bits per heavy atom. The number of benzene rings is 2. The molecule has 2 N–H and O–H groups in total. The molecule has 0 unspecified atom stereocenters. The second kappa shape index (κ2) is 7.87. The summed E-state index contributed by atoms with van der Waals surface area (Å²) in [5.41, 5.74) is 1.76. The van der Waals surface area contributed by atoms with Crippen LogP contribution in [0.25, 0.3) is 0 Å². The van der Waals surface area contributed by atoms with Gasteiger partial charge in [0.2, 0.25) is 12.7 Å². The molecule has 0 amide bonds. The minimum Gasteiger partial charge on any atom is -0.497 e. The van der Waals surface area contributed by atoms with Gasteiger partial charge in [0.25, 0.3) is 0 Å². The third kappa shape index (κ3) is 3.83. The number of hydrogen-bond acceptors (Lipinski definition) is 9. The number of nitrogens with zero attached hydrogens (tertiary/aromatic N) is 3. The zero-order chi connectivity index (χ0) is 19.3. The van der Waals surface area contributed by atoms with Gasteiger partial charge in [0.05, 0.1) is 26.1 Å². The molecule has 1 aromatic heterocycles. The van der Waals surface area contributed by atoms with E-state index in [1.165, 1.54) is 6.20 Å². The quantitative estimate of drug-likeness (QED) is 0.640. The van der Waals surface area contributed by atoms with Crippen LogP contribution in [-0.2, 0) is 6.54 Å². The van der Waals surface area contributed by atoms with Gasteiger partial charge in [0.1, 0.15) is 11.5 Å². The van der Waals surface area contributed by atoms with E-state index in [2.05, 4.69) is 25.8 Å². The Kier molecular flexibility index (Phi) is 4.96. The fourth-order valence-electron chi connectivity index (χ4n) is 2.71. The molecule has 2 heterocycles. The van der Waals surface area contributed by atoms with E-state index in [1.54, 1.807) is 20.3 Å². The van der Waals surface area contributed by atoms with Crippen molar-refractivity contribution in [3.63, 3.8) is 0 Å². The van der Waals surface area contributed by atoms with Crippen molar-refractivity contribution in [2.75, 3.05) is 31.6 Å². The Labute approximate surface area is 161 Å². The molecular weight excluding hydrogens is 362 g/mol. The average molecular weight is 381 g/mol. The van der Waals surface area contributed by atoms with Crippen molar-refractivity contribution in [2.24, 2.45) is 0 Å². The molecule has 2 aromatic carbocycles. The third-order valence-electron chi connectivity index (χ3n) is 4.12. The molecule has 1 aliphatic heterocycles. The van der Waals surface area contributed by atoms with Gasteiger partial charge in [0, 0.05) is 12.6 Å². The molecule has 1 aliphatic rings. The van der Waals surface area contributed by atoms with E-state index in [9.17, 15) is 0 Å². The second-order valence-corrected chi connectivity index (χ2v) is 5.90. The molecule has 0 saturated heterocycles. The Hall–Kier alpha value is -3.75. The van der Waals surface area contributed by atoms with E-state index >= 15 is 0 Å². The van der Waals surface area contributed by atoms with Crippen LogP contribution in [0.1, 0.15) is 5.56 Å². The Morgan fingerprint density at radius 1 is 1.04 bits per heavy atom. The van der Waals surface area contributed by atoms with E-state index < -0.39 is 0 Å². The Bertz CT molecular complexity index is 982. The monoisotopic (exact) mass is 381 g/mol. The summed E-state index contributed by atoms with van der Waals surface area (Å²) in [6, 6.07) is 11.2. The maximum absolute atomic E-state index is 5.39. The highest BCUT2D eigenvalue weighted by Crippen LogP contribution is 2.33. The molecule has 9 heteroatoms. The molecule has 0 fully saturated rings. The molecular formula is C19H19N5O4. The van der Waals surface area contributed by atoms with Crippen molar-refractivity contribution in [3.8, 4) is 23.0 Å². The number of nitrogens with one attached hydrogen (secondary N) is 2. The lowest BCUT2D eigenvalue weighted by Crippen LogP contribution is -2.06. The second-order valence-electron chi connectivity index (χ2n) is 5.90. The number of fused-ring (bicyclic) bond motifs is 1. The number of rotatable bonds is 7. The number of methoxy groups -OCH3 is 2. The van der Waals surface area contributed by atoms with E-state index in [4.69, 9.17) is 18.9 Å². The zero-order valence-corrected chi connectivity index (χ0v) is 15.4. The topological polar surface area (TPSA) is 99.7 Å². The normalized spacial score (nSPS) is 11.8. The van der Waals surface area contributed by atoms with Crippen LogP contribution in [0.15, 0.2) is 42.6 Å². The van der Waals surface area contributed by atoms with Crippen molar-refractivity contribution in [3.05, 3.63) is 48.2 Å². The Morgan fingerprint density at radius 2 is 1.93 bits per heavy atom. The van der Waals surface area contributed by atoms with Crippen LogP contribution in [0.4, 0.5) is 17.5 Å². The minimum atomic E-state index is 0.252. The van der Waals surface area contributed by atoms with Gasteiger partial charge in [0.15, 0.2) is 17.3 Å². The molecule has 3 aromatic rings. The Balaban J connectivity index is 1.44. The number of anilines is 3. The fraction of sp³-hybridized carbons (Fsp3) is 0.211. The molecule has 0 atom stereocenters. The van der Waals surface area contributed by atoms with Gasteiger partial charge in [-0.2, -0.15) is 10.1 Å². The van der Waals surface area contributed by atoms with Gasteiger partial charge < -0.3 is 29.6 Å². The average Bonchev–Trinajstić information content (AvgIpc) is 3.21.